The van der Waals surface area contributed by atoms with Crippen LogP contribution in [-0.4, -0.2) is 44.0 Å². The summed E-state index contributed by atoms with van der Waals surface area (Å²) in [5, 5.41) is 32.8. The maximum Gasteiger partial charge on any atom is 0.305 e. The first-order chi connectivity index (χ1) is 23.7. The minimum Gasteiger partial charge on any atom is -0.481 e. The van der Waals surface area contributed by atoms with E-state index in [0.29, 0.717) is 28.1 Å². The molecule has 1 aromatic heterocycles. The van der Waals surface area contributed by atoms with Crippen LogP contribution in [-0.2, 0) is 11.3 Å². The summed E-state index contributed by atoms with van der Waals surface area (Å²) < 4.78 is 16.0. The predicted molar refractivity (Wildman–Crippen MR) is 203 cm³/mol. The summed E-state index contributed by atoms with van der Waals surface area (Å²) >= 11 is 0. The van der Waals surface area contributed by atoms with Gasteiger partial charge in [0.05, 0.1) is 29.9 Å². The maximum atomic E-state index is 14.0. The van der Waals surface area contributed by atoms with Gasteiger partial charge in [-0.2, -0.15) is 0 Å². The zero-order valence-corrected chi connectivity index (χ0v) is 31.1. The monoisotopic (exact) mass is 678 g/mol. The largest absolute Gasteiger partial charge is 0.481 e. The lowest BCUT2D eigenvalue weighted by Crippen LogP contribution is -2.22. The van der Waals surface area contributed by atoms with Gasteiger partial charge in [-0.15, -0.1) is 0 Å². The molecule has 49 heavy (non-hydrogen) atoms. The summed E-state index contributed by atoms with van der Waals surface area (Å²) in [6, 6.07) is 24.8. The van der Waals surface area contributed by atoms with Crippen molar-refractivity contribution in [2.45, 2.75) is 113 Å². The van der Waals surface area contributed by atoms with Crippen LogP contribution in [0, 0.1) is 5.82 Å². The van der Waals surface area contributed by atoms with Crippen molar-refractivity contribution in [2.24, 2.45) is 0 Å². The summed E-state index contributed by atoms with van der Waals surface area (Å²) in [5.41, 5.74) is 4.77. The molecule has 4 aromatic rings. The summed E-state index contributed by atoms with van der Waals surface area (Å²) in [4.78, 5) is 25.0. The molecule has 0 spiro atoms. The molecule has 0 saturated heterocycles. The number of aliphatic hydroxyl groups is 2. The number of nitrogens with one attached hydrogen (secondary N) is 1. The van der Waals surface area contributed by atoms with Gasteiger partial charge in [0.2, 0.25) is 0 Å². The number of carboxylic acid groups (broad SMARTS) is 1. The van der Waals surface area contributed by atoms with Gasteiger partial charge in [-0.05, 0) is 66.3 Å². The lowest BCUT2D eigenvalue weighted by atomic mass is 9.94. The number of halogens is 1. The predicted octanol–water partition coefficient (Wildman–Crippen LogP) is 10.4. The topological polar surface area (TPSA) is 112 Å². The number of amides is 1. The highest BCUT2D eigenvalue weighted by atomic mass is 19.1. The lowest BCUT2D eigenvalue weighted by Gasteiger charge is -2.20. The first kappa shape index (κ1) is 44.7. The normalized spacial score (nSPS) is 11.1. The molecule has 270 valence electrons. The summed E-state index contributed by atoms with van der Waals surface area (Å²) in [6.45, 7) is 20.3. The first-order valence-electron chi connectivity index (χ1n) is 17.7. The van der Waals surface area contributed by atoms with Crippen LogP contribution < -0.4 is 5.32 Å². The van der Waals surface area contributed by atoms with Gasteiger partial charge < -0.3 is 25.2 Å². The molecule has 0 bridgehead atoms. The van der Waals surface area contributed by atoms with Gasteiger partial charge in [0.15, 0.2) is 0 Å². The van der Waals surface area contributed by atoms with Crippen molar-refractivity contribution in [3.8, 4) is 22.4 Å². The zero-order valence-electron chi connectivity index (χ0n) is 31.1. The Morgan fingerprint density at radius 1 is 0.735 bits per heavy atom. The third kappa shape index (κ3) is 13.6. The van der Waals surface area contributed by atoms with Gasteiger partial charge in [-0.25, -0.2) is 4.39 Å². The molecule has 0 aliphatic carbocycles. The molecule has 2 atom stereocenters. The molecule has 0 aliphatic heterocycles. The standard InChI is InChI=1S/C33H35FN2O5.4C2H6/c1-21(2)31-30(33(41)35-25-11-7-4-8-12-25)29(22-9-5-3-6-10-22)32(23-13-15-24(34)16-14-23)36(31)18-17-26(37)19-27(38)20-28(39)40;4*1-2/h3-16,21,26-27,37-38H,17-20H2,1-2H3,(H,35,41)(H,39,40);4*1-2H3/t26?,27-;;;;/m1..../s1. The SMILES string of the molecule is CC.CC.CC.CC.CC(C)c1c(C(=O)Nc2ccccc2)c(-c2ccccc2)c(-c2ccc(F)cc2)n1CCC(O)C[C@@H](O)CC(=O)O. The number of aliphatic carboxylic acids is 1. The van der Waals surface area contributed by atoms with Gasteiger partial charge in [0.25, 0.3) is 5.91 Å². The van der Waals surface area contributed by atoms with Crippen LogP contribution in [0.1, 0.15) is 110 Å². The second kappa shape index (κ2) is 24.8. The molecule has 0 aliphatic rings. The van der Waals surface area contributed by atoms with Gasteiger partial charge >= 0.3 is 5.97 Å². The van der Waals surface area contributed by atoms with Crippen LogP contribution in [0.15, 0.2) is 84.9 Å². The lowest BCUT2D eigenvalue weighted by molar-refractivity contribution is -0.139. The number of benzene rings is 3. The molecule has 1 heterocycles. The van der Waals surface area contributed by atoms with Crippen LogP contribution in [0.4, 0.5) is 10.1 Å². The summed E-state index contributed by atoms with van der Waals surface area (Å²) in [7, 11) is 0. The number of carbonyl (C=O) groups is 2. The number of carboxylic acids is 1. The molecular weight excluding hydrogens is 619 g/mol. The van der Waals surface area contributed by atoms with Crippen molar-refractivity contribution in [3.05, 3.63) is 102 Å². The average molecular weight is 679 g/mol. The Labute approximate surface area is 293 Å². The molecule has 0 radical (unpaired) electrons. The second-order valence-corrected chi connectivity index (χ2v) is 10.4. The fraction of sp³-hybridized carbons (Fsp3) is 0.415. The Hall–Kier alpha value is -4.27. The molecule has 7 nitrogen and oxygen atoms in total. The van der Waals surface area contributed by atoms with Gasteiger partial charge in [-0.3, -0.25) is 9.59 Å². The second-order valence-electron chi connectivity index (χ2n) is 10.4. The van der Waals surface area contributed by atoms with Crippen LogP contribution in [0.2, 0.25) is 0 Å². The number of para-hydroxylation sites is 1. The Morgan fingerprint density at radius 2 is 1.24 bits per heavy atom. The maximum absolute atomic E-state index is 14.0. The number of anilines is 1. The number of rotatable bonds is 12. The molecule has 1 unspecified atom stereocenters. The number of nitrogens with zero attached hydrogens (tertiary/aromatic N) is 1. The van der Waals surface area contributed by atoms with Crippen LogP contribution in [0.5, 0.6) is 0 Å². The van der Waals surface area contributed by atoms with E-state index in [4.69, 9.17) is 5.11 Å². The highest BCUT2D eigenvalue weighted by molar-refractivity contribution is 6.12. The molecule has 4 rings (SSSR count). The highest BCUT2D eigenvalue weighted by Gasteiger charge is 2.31. The molecule has 8 heteroatoms. The number of carbonyl (C=O) groups excluding carboxylic acids is 1. The molecule has 3 aromatic carbocycles. The van der Waals surface area contributed by atoms with Gasteiger partial charge in [-0.1, -0.05) is 118 Å². The smallest absolute Gasteiger partial charge is 0.305 e. The van der Waals surface area contributed by atoms with E-state index in [2.05, 4.69) is 5.32 Å². The van der Waals surface area contributed by atoms with Crippen LogP contribution in [0.3, 0.4) is 0 Å². The summed E-state index contributed by atoms with van der Waals surface area (Å²) in [5.74, 6) is -1.93. The van der Waals surface area contributed by atoms with Crippen molar-refractivity contribution in [1.29, 1.82) is 0 Å². The van der Waals surface area contributed by atoms with Crippen molar-refractivity contribution in [3.63, 3.8) is 0 Å². The van der Waals surface area contributed by atoms with Crippen LogP contribution >= 0.6 is 0 Å². The molecular formula is C41H59FN2O5. The third-order valence-electron chi connectivity index (χ3n) is 6.93. The van der Waals surface area contributed by atoms with E-state index < -0.39 is 24.6 Å². The molecule has 1 amide bonds. The van der Waals surface area contributed by atoms with Gasteiger partial charge in [0.1, 0.15) is 5.82 Å². The van der Waals surface area contributed by atoms with Crippen molar-refractivity contribution in [2.75, 3.05) is 5.32 Å². The van der Waals surface area contributed by atoms with E-state index in [1.54, 1.807) is 12.1 Å². The van der Waals surface area contributed by atoms with E-state index in [1.165, 1.54) is 12.1 Å². The molecule has 0 saturated carbocycles. The molecule has 4 N–H and O–H groups in total. The Bertz CT molecular complexity index is 1470. The Balaban J connectivity index is 0.00000268. The minimum absolute atomic E-state index is 0.0939. The van der Waals surface area contributed by atoms with Crippen molar-refractivity contribution in [1.82, 2.24) is 4.57 Å². The van der Waals surface area contributed by atoms with E-state index in [0.717, 1.165) is 11.3 Å². The highest BCUT2D eigenvalue weighted by Crippen LogP contribution is 2.42. The van der Waals surface area contributed by atoms with Crippen molar-refractivity contribution < 1.29 is 29.3 Å². The van der Waals surface area contributed by atoms with Gasteiger partial charge in [0, 0.05) is 23.5 Å². The fourth-order valence-corrected chi connectivity index (χ4v) is 5.20. The zero-order chi connectivity index (χ0) is 37.5. The quantitative estimate of drug-likeness (QED) is 0.119. The van der Waals surface area contributed by atoms with E-state index in [1.807, 2.05) is 134 Å². The number of hydrogen-bond donors (Lipinski definition) is 4. The van der Waals surface area contributed by atoms with Crippen molar-refractivity contribution >= 4 is 17.6 Å². The fourth-order valence-electron chi connectivity index (χ4n) is 5.20. The average Bonchev–Trinajstić information content (AvgIpc) is 3.47. The Kier molecular flexibility index (Phi) is 22.6. The minimum atomic E-state index is -1.18. The first-order valence-corrected chi connectivity index (χ1v) is 17.7. The Morgan fingerprint density at radius 3 is 1.73 bits per heavy atom. The van der Waals surface area contributed by atoms with E-state index in [9.17, 15) is 24.2 Å². The summed E-state index contributed by atoms with van der Waals surface area (Å²) in [6.07, 6.45) is -2.51. The van der Waals surface area contributed by atoms with E-state index >= 15 is 0 Å². The third-order valence-corrected chi connectivity index (χ3v) is 6.93. The van der Waals surface area contributed by atoms with E-state index in [-0.39, 0.29) is 37.0 Å². The number of aromatic nitrogens is 1. The number of hydrogen-bond acceptors (Lipinski definition) is 4. The van der Waals surface area contributed by atoms with Crippen LogP contribution in [0.25, 0.3) is 22.4 Å². The number of aliphatic hydroxyl groups excluding tert-OH is 2. The molecule has 0 fully saturated rings.